The van der Waals surface area contributed by atoms with E-state index >= 15 is 0 Å². The smallest absolute Gasteiger partial charge is 0.326 e. The van der Waals surface area contributed by atoms with E-state index in [0.29, 0.717) is 23.0 Å². The van der Waals surface area contributed by atoms with Gasteiger partial charge >= 0.3 is 5.97 Å². The standard InChI is InChI=1S/C14H19N3O3S/c1-7(2)10-12(21-16-15-10)13(18)17-6-8-4-3-5-9(8)11(17)14(19)20/h7-9,11H,3-6H2,1-2H3,(H,19,20). The lowest BCUT2D eigenvalue weighted by molar-refractivity contribution is -0.142. The second-order valence-electron chi connectivity index (χ2n) is 6.24. The van der Waals surface area contributed by atoms with Crippen LogP contribution in [0, 0.1) is 11.8 Å². The first-order valence-electron chi connectivity index (χ1n) is 7.36. The van der Waals surface area contributed by atoms with Gasteiger partial charge in [0, 0.05) is 6.54 Å². The second-order valence-corrected chi connectivity index (χ2v) is 6.99. The summed E-state index contributed by atoms with van der Waals surface area (Å²) in [6.07, 6.45) is 3.00. The molecule has 3 rings (SSSR count). The lowest BCUT2D eigenvalue weighted by Gasteiger charge is -2.24. The molecule has 6 nitrogen and oxygen atoms in total. The quantitative estimate of drug-likeness (QED) is 0.923. The molecule has 21 heavy (non-hydrogen) atoms. The molecule has 1 saturated carbocycles. The number of hydrogen-bond acceptors (Lipinski definition) is 5. The number of carboxylic acids is 1. The van der Waals surface area contributed by atoms with Crippen LogP contribution in [0.5, 0.6) is 0 Å². The van der Waals surface area contributed by atoms with Gasteiger partial charge in [-0.05, 0) is 42.1 Å². The Kier molecular flexibility index (Phi) is 3.69. The van der Waals surface area contributed by atoms with Crippen LogP contribution in [-0.4, -0.2) is 44.1 Å². The molecule has 3 unspecified atom stereocenters. The highest BCUT2D eigenvalue weighted by Gasteiger charge is 2.50. The van der Waals surface area contributed by atoms with E-state index in [1.165, 1.54) is 4.90 Å². The van der Waals surface area contributed by atoms with Crippen LogP contribution in [0.4, 0.5) is 0 Å². The fourth-order valence-corrected chi connectivity index (χ4v) is 4.46. The van der Waals surface area contributed by atoms with Crippen LogP contribution in [0.25, 0.3) is 0 Å². The number of likely N-dealkylation sites (tertiary alicyclic amines) is 1. The molecular formula is C14H19N3O3S. The molecule has 1 aromatic rings. The average Bonchev–Trinajstić information content (AvgIpc) is 3.11. The van der Waals surface area contributed by atoms with Crippen LogP contribution in [-0.2, 0) is 4.79 Å². The Morgan fingerprint density at radius 3 is 2.81 bits per heavy atom. The first-order chi connectivity index (χ1) is 10.0. The van der Waals surface area contributed by atoms with Gasteiger partial charge in [0.1, 0.15) is 10.9 Å². The normalized spacial score (nSPS) is 28.1. The third-order valence-electron chi connectivity index (χ3n) is 4.66. The van der Waals surface area contributed by atoms with Crippen molar-refractivity contribution in [1.82, 2.24) is 14.5 Å². The van der Waals surface area contributed by atoms with Crippen LogP contribution >= 0.6 is 11.5 Å². The van der Waals surface area contributed by atoms with Crippen molar-refractivity contribution in [2.75, 3.05) is 6.54 Å². The maximum absolute atomic E-state index is 12.8. The number of carbonyl (C=O) groups is 2. The molecule has 114 valence electrons. The first kappa shape index (κ1) is 14.4. The van der Waals surface area contributed by atoms with Crippen molar-refractivity contribution in [3.63, 3.8) is 0 Å². The molecule has 1 aromatic heterocycles. The molecule has 2 aliphatic rings. The molecule has 1 aliphatic heterocycles. The summed E-state index contributed by atoms with van der Waals surface area (Å²) in [5, 5.41) is 13.6. The number of hydrogen-bond donors (Lipinski definition) is 1. The van der Waals surface area contributed by atoms with Crippen LogP contribution in [0.1, 0.15) is 54.4 Å². The Bertz CT molecular complexity index is 572. The Balaban J connectivity index is 1.90. The van der Waals surface area contributed by atoms with Gasteiger partial charge in [-0.3, -0.25) is 4.79 Å². The highest BCUT2D eigenvalue weighted by molar-refractivity contribution is 7.08. The molecule has 2 heterocycles. The van der Waals surface area contributed by atoms with Gasteiger partial charge < -0.3 is 10.0 Å². The lowest BCUT2D eigenvalue weighted by atomic mass is 9.94. The minimum absolute atomic E-state index is 0.105. The van der Waals surface area contributed by atoms with Crippen molar-refractivity contribution in [2.45, 2.75) is 45.1 Å². The van der Waals surface area contributed by atoms with Gasteiger partial charge in [0.15, 0.2) is 0 Å². The predicted octanol–water partition coefficient (Wildman–Crippen LogP) is 1.99. The number of amides is 1. The topological polar surface area (TPSA) is 83.4 Å². The summed E-state index contributed by atoms with van der Waals surface area (Å²) in [6.45, 7) is 4.47. The summed E-state index contributed by atoms with van der Waals surface area (Å²) in [7, 11) is 0. The van der Waals surface area contributed by atoms with Gasteiger partial charge in [0.25, 0.3) is 5.91 Å². The fraction of sp³-hybridized carbons (Fsp3) is 0.714. The zero-order valence-corrected chi connectivity index (χ0v) is 13.0. The molecule has 1 N–H and O–H groups in total. The zero-order valence-electron chi connectivity index (χ0n) is 12.2. The van der Waals surface area contributed by atoms with Crippen LogP contribution < -0.4 is 0 Å². The van der Waals surface area contributed by atoms with Crippen molar-refractivity contribution in [1.29, 1.82) is 0 Å². The minimum atomic E-state index is -0.888. The average molecular weight is 309 g/mol. The van der Waals surface area contributed by atoms with Crippen molar-refractivity contribution < 1.29 is 14.7 Å². The SMILES string of the molecule is CC(C)c1nnsc1C(=O)N1CC2CCCC2C1C(=O)O. The first-order valence-corrected chi connectivity index (χ1v) is 8.14. The summed E-state index contributed by atoms with van der Waals surface area (Å²) >= 11 is 1.07. The van der Waals surface area contributed by atoms with E-state index in [1.807, 2.05) is 13.8 Å². The lowest BCUT2D eigenvalue weighted by Crippen LogP contribution is -2.43. The van der Waals surface area contributed by atoms with Crippen LogP contribution in [0.2, 0.25) is 0 Å². The molecule has 7 heteroatoms. The summed E-state index contributed by atoms with van der Waals surface area (Å²) in [6, 6.07) is -0.688. The predicted molar refractivity (Wildman–Crippen MR) is 77.3 cm³/mol. The van der Waals surface area contributed by atoms with Crippen LogP contribution in [0.3, 0.4) is 0 Å². The molecule has 0 radical (unpaired) electrons. The van der Waals surface area contributed by atoms with E-state index in [9.17, 15) is 14.7 Å². The molecule has 2 fully saturated rings. The third kappa shape index (κ3) is 2.33. The number of aromatic nitrogens is 2. The number of carboxylic acid groups (broad SMARTS) is 1. The molecule has 1 saturated heterocycles. The van der Waals surface area contributed by atoms with Gasteiger partial charge in [0.2, 0.25) is 0 Å². The number of nitrogens with zero attached hydrogens (tertiary/aromatic N) is 3. The molecule has 0 aromatic carbocycles. The molecule has 0 spiro atoms. The van der Waals surface area contributed by atoms with Crippen LogP contribution in [0.15, 0.2) is 0 Å². The van der Waals surface area contributed by atoms with Gasteiger partial charge in [-0.25, -0.2) is 4.79 Å². The summed E-state index contributed by atoms with van der Waals surface area (Å²) in [4.78, 5) is 26.4. The molecule has 3 atom stereocenters. The van der Waals surface area contributed by atoms with E-state index in [0.717, 1.165) is 30.8 Å². The summed E-state index contributed by atoms with van der Waals surface area (Å²) in [5.74, 6) is -0.557. The van der Waals surface area contributed by atoms with Gasteiger partial charge in [-0.1, -0.05) is 24.8 Å². The van der Waals surface area contributed by atoms with E-state index in [2.05, 4.69) is 9.59 Å². The molecule has 1 aliphatic carbocycles. The highest BCUT2D eigenvalue weighted by atomic mass is 32.1. The van der Waals surface area contributed by atoms with E-state index in [-0.39, 0.29) is 17.7 Å². The van der Waals surface area contributed by atoms with E-state index < -0.39 is 12.0 Å². The van der Waals surface area contributed by atoms with Crippen molar-refractivity contribution >= 4 is 23.4 Å². The van der Waals surface area contributed by atoms with E-state index in [4.69, 9.17) is 0 Å². The summed E-state index contributed by atoms with van der Waals surface area (Å²) in [5.41, 5.74) is 0.672. The Morgan fingerprint density at radius 1 is 1.38 bits per heavy atom. The number of fused-ring (bicyclic) bond motifs is 1. The number of aliphatic carboxylic acids is 1. The number of rotatable bonds is 3. The zero-order chi connectivity index (χ0) is 15.1. The van der Waals surface area contributed by atoms with Gasteiger partial charge in [-0.15, -0.1) is 5.10 Å². The van der Waals surface area contributed by atoms with Gasteiger partial charge in [-0.2, -0.15) is 0 Å². The minimum Gasteiger partial charge on any atom is -0.480 e. The monoisotopic (exact) mass is 309 g/mol. The largest absolute Gasteiger partial charge is 0.480 e. The fourth-order valence-electron chi connectivity index (χ4n) is 3.68. The number of carbonyl (C=O) groups excluding carboxylic acids is 1. The molecule has 0 bridgehead atoms. The van der Waals surface area contributed by atoms with Crippen molar-refractivity contribution in [3.05, 3.63) is 10.6 Å². The molecule has 1 amide bonds. The second kappa shape index (κ2) is 5.36. The highest BCUT2D eigenvalue weighted by Crippen LogP contribution is 2.43. The maximum atomic E-state index is 12.8. The van der Waals surface area contributed by atoms with Gasteiger partial charge in [0.05, 0.1) is 5.69 Å². The Morgan fingerprint density at radius 2 is 2.14 bits per heavy atom. The van der Waals surface area contributed by atoms with E-state index in [1.54, 1.807) is 0 Å². The maximum Gasteiger partial charge on any atom is 0.326 e. The summed E-state index contributed by atoms with van der Waals surface area (Å²) < 4.78 is 3.87. The van der Waals surface area contributed by atoms with Crippen molar-refractivity contribution in [2.24, 2.45) is 11.8 Å². The Labute approximate surface area is 127 Å². The molecular weight excluding hydrogens is 290 g/mol. The van der Waals surface area contributed by atoms with Crippen molar-refractivity contribution in [3.8, 4) is 0 Å². The third-order valence-corrected chi connectivity index (χ3v) is 5.39. The Hall–Kier alpha value is -1.50.